The molecule has 6 nitrogen and oxygen atoms in total. The molecule has 0 radical (unpaired) electrons. The summed E-state index contributed by atoms with van der Waals surface area (Å²) in [5.41, 5.74) is 2.12. The Morgan fingerprint density at radius 1 is 1.28 bits per heavy atom. The largest absolute Gasteiger partial charge is 0.367 e. The van der Waals surface area contributed by atoms with Crippen LogP contribution in [0.1, 0.15) is 52.0 Å². The van der Waals surface area contributed by atoms with Crippen molar-refractivity contribution >= 4 is 22.8 Å². The highest BCUT2D eigenvalue weighted by Gasteiger charge is 2.27. The topological polar surface area (TPSA) is 73.9 Å². The third kappa shape index (κ3) is 3.62. The van der Waals surface area contributed by atoms with Gasteiger partial charge in [0.2, 0.25) is 5.91 Å². The van der Waals surface area contributed by atoms with Crippen molar-refractivity contribution in [3.8, 4) is 0 Å². The number of carbonyl (C=O) groups is 1. The van der Waals surface area contributed by atoms with E-state index in [2.05, 4.69) is 41.0 Å². The Hall–Kier alpha value is -2.11. The standard InChI is InChI=1S/C19H29N5O/c1-4-13(5-2)19(25)24-9-7-15(8-10-24)23-18-16-14(6-3)11-20-17(16)21-12-22-18/h11-13,15H,4-10H2,1-3H3,(H2,20,21,22,23). The second-order valence-corrected chi connectivity index (χ2v) is 6.87. The van der Waals surface area contributed by atoms with Crippen LogP contribution >= 0.6 is 0 Å². The van der Waals surface area contributed by atoms with E-state index in [-0.39, 0.29) is 5.92 Å². The Morgan fingerprint density at radius 2 is 2.00 bits per heavy atom. The van der Waals surface area contributed by atoms with Gasteiger partial charge in [0.1, 0.15) is 17.8 Å². The van der Waals surface area contributed by atoms with Crippen LogP contribution in [0.2, 0.25) is 0 Å². The third-order valence-corrected chi connectivity index (χ3v) is 5.41. The Balaban J connectivity index is 1.65. The molecule has 0 saturated carbocycles. The zero-order valence-corrected chi connectivity index (χ0v) is 15.5. The van der Waals surface area contributed by atoms with Crippen molar-refractivity contribution in [3.63, 3.8) is 0 Å². The van der Waals surface area contributed by atoms with Gasteiger partial charge in [-0.05, 0) is 37.7 Å². The number of likely N-dealkylation sites (tertiary alicyclic amines) is 1. The first-order chi connectivity index (χ1) is 12.2. The SMILES string of the molecule is CCc1c[nH]c2ncnc(NC3CCN(C(=O)C(CC)CC)CC3)c12. The first-order valence-corrected chi connectivity index (χ1v) is 9.54. The molecule has 0 bridgehead atoms. The van der Waals surface area contributed by atoms with E-state index < -0.39 is 0 Å². The van der Waals surface area contributed by atoms with Crippen LogP contribution in [0.25, 0.3) is 11.0 Å². The Labute approximate surface area is 149 Å². The van der Waals surface area contributed by atoms with E-state index in [4.69, 9.17) is 0 Å². The number of aryl methyl sites for hydroxylation is 1. The van der Waals surface area contributed by atoms with E-state index in [1.807, 2.05) is 11.1 Å². The van der Waals surface area contributed by atoms with Crippen molar-refractivity contribution in [2.45, 2.75) is 58.9 Å². The number of piperidine rings is 1. The molecule has 2 N–H and O–H groups in total. The summed E-state index contributed by atoms with van der Waals surface area (Å²) in [4.78, 5) is 26.6. The van der Waals surface area contributed by atoms with Crippen LogP contribution < -0.4 is 5.32 Å². The molecule has 1 fully saturated rings. The monoisotopic (exact) mass is 343 g/mol. The van der Waals surface area contributed by atoms with Crippen LogP contribution in [0.4, 0.5) is 5.82 Å². The highest BCUT2D eigenvalue weighted by atomic mass is 16.2. The molecule has 0 atom stereocenters. The molecular weight excluding hydrogens is 314 g/mol. The molecule has 1 aliphatic heterocycles. The lowest BCUT2D eigenvalue weighted by Crippen LogP contribution is -2.44. The third-order valence-electron chi connectivity index (χ3n) is 5.41. The average molecular weight is 343 g/mol. The van der Waals surface area contributed by atoms with Gasteiger partial charge in [0, 0.05) is 31.2 Å². The second-order valence-electron chi connectivity index (χ2n) is 6.87. The smallest absolute Gasteiger partial charge is 0.225 e. The number of hydrogen-bond donors (Lipinski definition) is 2. The average Bonchev–Trinajstić information content (AvgIpc) is 3.07. The maximum absolute atomic E-state index is 12.5. The van der Waals surface area contributed by atoms with E-state index in [0.717, 1.165) is 62.0 Å². The summed E-state index contributed by atoms with van der Waals surface area (Å²) >= 11 is 0. The molecule has 25 heavy (non-hydrogen) atoms. The Bertz CT molecular complexity index is 714. The van der Waals surface area contributed by atoms with Crippen LogP contribution in [-0.4, -0.2) is 44.9 Å². The number of aromatic nitrogens is 3. The lowest BCUT2D eigenvalue weighted by molar-refractivity contribution is -0.136. The van der Waals surface area contributed by atoms with Crippen molar-refractivity contribution in [1.29, 1.82) is 0 Å². The molecule has 0 spiro atoms. The highest BCUT2D eigenvalue weighted by molar-refractivity contribution is 5.90. The fourth-order valence-corrected chi connectivity index (χ4v) is 3.75. The van der Waals surface area contributed by atoms with Crippen molar-refractivity contribution in [2.75, 3.05) is 18.4 Å². The van der Waals surface area contributed by atoms with Crippen LogP contribution in [0.5, 0.6) is 0 Å². The van der Waals surface area contributed by atoms with Crippen LogP contribution in [0, 0.1) is 5.92 Å². The van der Waals surface area contributed by atoms with Gasteiger partial charge in [-0.25, -0.2) is 9.97 Å². The van der Waals surface area contributed by atoms with Crippen molar-refractivity contribution in [1.82, 2.24) is 19.9 Å². The molecule has 0 unspecified atom stereocenters. The van der Waals surface area contributed by atoms with Gasteiger partial charge in [0.15, 0.2) is 0 Å². The predicted octanol–water partition coefficient (Wildman–Crippen LogP) is 3.36. The molecule has 0 aliphatic carbocycles. The van der Waals surface area contributed by atoms with E-state index >= 15 is 0 Å². The number of hydrogen-bond acceptors (Lipinski definition) is 4. The highest BCUT2D eigenvalue weighted by Crippen LogP contribution is 2.26. The van der Waals surface area contributed by atoms with Gasteiger partial charge < -0.3 is 15.2 Å². The van der Waals surface area contributed by atoms with Crippen molar-refractivity contribution in [2.24, 2.45) is 5.92 Å². The van der Waals surface area contributed by atoms with Crippen molar-refractivity contribution < 1.29 is 4.79 Å². The maximum Gasteiger partial charge on any atom is 0.225 e. The number of amides is 1. The minimum Gasteiger partial charge on any atom is -0.367 e. The van der Waals surface area contributed by atoms with Crippen LogP contribution in [-0.2, 0) is 11.2 Å². The zero-order chi connectivity index (χ0) is 17.8. The summed E-state index contributed by atoms with van der Waals surface area (Å²) in [5.74, 6) is 1.41. The van der Waals surface area contributed by atoms with Gasteiger partial charge in [-0.1, -0.05) is 20.8 Å². The summed E-state index contributed by atoms with van der Waals surface area (Å²) in [6.07, 6.45) is 8.35. The predicted molar refractivity (Wildman–Crippen MR) is 101 cm³/mol. The summed E-state index contributed by atoms with van der Waals surface area (Å²) in [6.45, 7) is 8.00. The number of nitrogens with one attached hydrogen (secondary N) is 2. The van der Waals surface area contributed by atoms with Gasteiger partial charge >= 0.3 is 0 Å². The van der Waals surface area contributed by atoms with Gasteiger partial charge in [0.05, 0.1) is 5.39 Å². The normalized spacial score (nSPS) is 15.9. The van der Waals surface area contributed by atoms with E-state index in [1.165, 1.54) is 5.56 Å². The fourth-order valence-electron chi connectivity index (χ4n) is 3.75. The number of H-pyrrole nitrogens is 1. The molecule has 3 rings (SSSR count). The number of anilines is 1. The number of carbonyl (C=O) groups excluding carboxylic acids is 1. The molecule has 6 heteroatoms. The molecule has 1 saturated heterocycles. The van der Waals surface area contributed by atoms with Crippen LogP contribution in [0.15, 0.2) is 12.5 Å². The lowest BCUT2D eigenvalue weighted by Gasteiger charge is -2.34. The fraction of sp³-hybridized carbons (Fsp3) is 0.632. The number of rotatable bonds is 6. The number of fused-ring (bicyclic) bond motifs is 1. The minimum absolute atomic E-state index is 0.179. The van der Waals surface area contributed by atoms with Crippen LogP contribution in [0.3, 0.4) is 0 Å². The molecular formula is C19H29N5O. The Morgan fingerprint density at radius 3 is 2.64 bits per heavy atom. The van der Waals surface area contributed by atoms with Gasteiger partial charge in [0.25, 0.3) is 0 Å². The van der Waals surface area contributed by atoms with E-state index in [1.54, 1.807) is 6.33 Å². The molecule has 1 amide bonds. The van der Waals surface area contributed by atoms with E-state index in [0.29, 0.717) is 11.9 Å². The first kappa shape index (κ1) is 17.7. The Kier molecular flexibility index (Phi) is 5.56. The molecule has 2 aromatic heterocycles. The summed E-state index contributed by atoms with van der Waals surface area (Å²) in [6, 6.07) is 0.350. The minimum atomic E-state index is 0.179. The van der Waals surface area contributed by atoms with Gasteiger partial charge in [-0.3, -0.25) is 4.79 Å². The maximum atomic E-state index is 12.5. The van der Waals surface area contributed by atoms with Gasteiger partial charge in [-0.15, -0.1) is 0 Å². The van der Waals surface area contributed by atoms with Crippen molar-refractivity contribution in [3.05, 3.63) is 18.1 Å². The summed E-state index contributed by atoms with van der Waals surface area (Å²) < 4.78 is 0. The first-order valence-electron chi connectivity index (χ1n) is 9.54. The lowest BCUT2D eigenvalue weighted by atomic mass is 9.98. The molecule has 136 valence electrons. The summed E-state index contributed by atoms with van der Waals surface area (Å²) in [5, 5.41) is 4.69. The van der Waals surface area contributed by atoms with E-state index in [9.17, 15) is 4.79 Å². The van der Waals surface area contributed by atoms with Gasteiger partial charge in [-0.2, -0.15) is 0 Å². The number of aromatic amines is 1. The summed E-state index contributed by atoms with van der Waals surface area (Å²) in [7, 11) is 0. The molecule has 2 aromatic rings. The second kappa shape index (κ2) is 7.85. The molecule has 0 aromatic carbocycles. The molecule has 3 heterocycles. The molecule has 1 aliphatic rings. The quantitative estimate of drug-likeness (QED) is 0.843. The number of nitrogens with zero attached hydrogens (tertiary/aromatic N) is 3. The zero-order valence-electron chi connectivity index (χ0n) is 15.5.